The molecule has 0 aromatic carbocycles. The number of thiophene rings is 1. The third-order valence-corrected chi connectivity index (χ3v) is 4.37. The Morgan fingerprint density at radius 2 is 1.89 bits per heavy atom. The zero-order valence-electron chi connectivity index (χ0n) is 12.4. The van der Waals surface area contributed by atoms with Gasteiger partial charge in [-0.3, -0.25) is 4.90 Å². The highest BCUT2D eigenvalue weighted by Crippen LogP contribution is 2.21. The van der Waals surface area contributed by atoms with E-state index in [9.17, 15) is 0 Å². The molecule has 0 aliphatic rings. The molecule has 1 heterocycles. The Bertz CT molecular complexity index is 298. The molecule has 0 radical (unpaired) electrons. The van der Waals surface area contributed by atoms with Crippen LogP contribution in [0, 0.1) is 0 Å². The largest absolute Gasteiger partial charge is 0.308 e. The molecule has 1 unspecified atom stereocenters. The summed E-state index contributed by atoms with van der Waals surface area (Å²) < 4.78 is 0. The third-order valence-electron chi connectivity index (χ3n) is 3.38. The van der Waals surface area contributed by atoms with Gasteiger partial charge in [-0.05, 0) is 45.6 Å². The summed E-state index contributed by atoms with van der Waals surface area (Å²) in [5.74, 6) is 0. The van der Waals surface area contributed by atoms with Gasteiger partial charge in [0.1, 0.15) is 0 Å². The minimum atomic E-state index is 0.520. The van der Waals surface area contributed by atoms with Crippen LogP contribution < -0.4 is 5.32 Å². The summed E-state index contributed by atoms with van der Waals surface area (Å²) in [5.41, 5.74) is 0. The Morgan fingerprint density at radius 1 is 1.22 bits per heavy atom. The Labute approximate surface area is 116 Å². The fourth-order valence-corrected chi connectivity index (χ4v) is 3.30. The molecular weight excluding hydrogens is 240 g/mol. The van der Waals surface area contributed by atoms with E-state index >= 15 is 0 Å². The molecule has 18 heavy (non-hydrogen) atoms. The molecule has 0 bridgehead atoms. The first-order valence-electron chi connectivity index (χ1n) is 7.08. The van der Waals surface area contributed by atoms with Crippen molar-refractivity contribution in [3.8, 4) is 0 Å². The molecule has 104 valence electrons. The second-order valence-corrected chi connectivity index (χ2v) is 6.33. The smallest absolute Gasteiger partial charge is 0.0412 e. The minimum absolute atomic E-state index is 0.520. The molecule has 3 heteroatoms. The van der Waals surface area contributed by atoms with Crippen molar-refractivity contribution < 1.29 is 0 Å². The van der Waals surface area contributed by atoms with Crippen LogP contribution in [0.1, 0.15) is 52.0 Å². The third kappa shape index (κ3) is 4.71. The molecule has 1 N–H and O–H groups in total. The molecule has 0 aliphatic heterocycles. The van der Waals surface area contributed by atoms with Gasteiger partial charge >= 0.3 is 0 Å². The summed E-state index contributed by atoms with van der Waals surface area (Å²) in [4.78, 5) is 3.99. The standard InChI is InChI=1S/C15H28N2S/c1-6-14(15-8-7-11-18-15)16-9-10-17(12(2)3)13(4)5/h7-8,11-14,16H,6,9-10H2,1-5H3. The Kier molecular flexibility index (Phi) is 6.90. The lowest BCUT2D eigenvalue weighted by Crippen LogP contribution is -2.41. The van der Waals surface area contributed by atoms with Crippen LogP contribution in [0.25, 0.3) is 0 Å². The first-order valence-corrected chi connectivity index (χ1v) is 7.96. The molecule has 0 spiro atoms. The first-order chi connectivity index (χ1) is 8.56. The van der Waals surface area contributed by atoms with E-state index in [0.29, 0.717) is 18.1 Å². The number of rotatable bonds is 8. The minimum Gasteiger partial charge on any atom is -0.308 e. The van der Waals surface area contributed by atoms with E-state index in [4.69, 9.17) is 0 Å². The van der Waals surface area contributed by atoms with E-state index in [2.05, 4.69) is 62.3 Å². The van der Waals surface area contributed by atoms with Crippen molar-refractivity contribution in [2.45, 2.75) is 59.2 Å². The van der Waals surface area contributed by atoms with Gasteiger partial charge in [-0.15, -0.1) is 11.3 Å². The topological polar surface area (TPSA) is 15.3 Å². The fraction of sp³-hybridized carbons (Fsp3) is 0.733. The molecule has 2 nitrogen and oxygen atoms in total. The van der Waals surface area contributed by atoms with E-state index < -0.39 is 0 Å². The fourth-order valence-electron chi connectivity index (χ4n) is 2.42. The molecule has 0 amide bonds. The molecule has 1 rings (SSSR count). The second-order valence-electron chi connectivity index (χ2n) is 5.36. The van der Waals surface area contributed by atoms with Crippen LogP contribution in [0.5, 0.6) is 0 Å². The Morgan fingerprint density at radius 3 is 2.33 bits per heavy atom. The number of hydrogen-bond donors (Lipinski definition) is 1. The zero-order valence-corrected chi connectivity index (χ0v) is 13.3. The first kappa shape index (κ1) is 15.7. The van der Waals surface area contributed by atoms with Crippen molar-refractivity contribution in [1.29, 1.82) is 0 Å². The van der Waals surface area contributed by atoms with E-state index in [1.807, 2.05) is 11.3 Å². The van der Waals surface area contributed by atoms with Gasteiger partial charge in [0.05, 0.1) is 0 Å². The lowest BCUT2D eigenvalue weighted by atomic mass is 10.2. The van der Waals surface area contributed by atoms with Gasteiger partial charge in [0.15, 0.2) is 0 Å². The lowest BCUT2D eigenvalue weighted by molar-refractivity contribution is 0.174. The summed E-state index contributed by atoms with van der Waals surface area (Å²) in [6.45, 7) is 13.5. The molecule has 0 fully saturated rings. The van der Waals surface area contributed by atoms with Crippen LogP contribution in [0.4, 0.5) is 0 Å². The van der Waals surface area contributed by atoms with Gasteiger partial charge in [-0.2, -0.15) is 0 Å². The van der Waals surface area contributed by atoms with Crippen LogP contribution in [-0.4, -0.2) is 30.1 Å². The van der Waals surface area contributed by atoms with Crippen molar-refractivity contribution in [1.82, 2.24) is 10.2 Å². The summed E-state index contributed by atoms with van der Waals surface area (Å²) in [6.07, 6.45) is 1.16. The van der Waals surface area contributed by atoms with Crippen LogP contribution >= 0.6 is 11.3 Å². The monoisotopic (exact) mass is 268 g/mol. The maximum Gasteiger partial charge on any atom is 0.0412 e. The molecular formula is C15H28N2S. The Hall–Kier alpha value is -0.380. The predicted molar refractivity (Wildman–Crippen MR) is 82.3 cm³/mol. The van der Waals surface area contributed by atoms with Crippen LogP contribution in [0.15, 0.2) is 17.5 Å². The van der Waals surface area contributed by atoms with E-state index in [1.54, 1.807) is 0 Å². The molecule has 1 aromatic rings. The average molecular weight is 268 g/mol. The van der Waals surface area contributed by atoms with Crippen LogP contribution in [-0.2, 0) is 0 Å². The molecule has 0 saturated carbocycles. The second kappa shape index (κ2) is 7.93. The number of nitrogens with zero attached hydrogens (tertiary/aromatic N) is 1. The van der Waals surface area contributed by atoms with Crippen molar-refractivity contribution in [2.75, 3.05) is 13.1 Å². The maximum absolute atomic E-state index is 3.68. The average Bonchev–Trinajstić information content (AvgIpc) is 2.81. The summed E-state index contributed by atoms with van der Waals surface area (Å²) in [6, 6.07) is 6.13. The van der Waals surface area contributed by atoms with Crippen molar-refractivity contribution in [3.63, 3.8) is 0 Å². The van der Waals surface area contributed by atoms with Gasteiger partial charge < -0.3 is 5.32 Å². The molecule has 0 aliphatic carbocycles. The SMILES string of the molecule is CCC(NCCN(C(C)C)C(C)C)c1cccs1. The molecule has 1 atom stereocenters. The normalized spacial score (nSPS) is 13.8. The van der Waals surface area contributed by atoms with E-state index in [0.717, 1.165) is 19.5 Å². The number of nitrogens with one attached hydrogen (secondary N) is 1. The summed E-state index contributed by atoms with van der Waals surface area (Å²) >= 11 is 1.85. The van der Waals surface area contributed by atoms with E-state index in [-0.39, 0.29) is 0 Å². The van der Waals surface area contributed by atoms with Gasteiger partial charge in [0.25, 0.3) is 0 Å². The highest BCUT2D eigenvalue weighted by atomic mass is 32.1. The summed E-state index contributed by atoms with van der Waals surface area (Å²) in [5, 5.41) is 5.84. The van der Waals surface area contributed by atoms with Crippen molar-refractivity contribution in [3.05, 3.63) is 22.4 Å². The maximum atomic E-state index is 3.68. The van der Waals surface area contributed by atoms with Gasteiger partial charge in [0.2, 0.25) is 0 Å². The van der Waals surface area contributed by atoms with Crippen molar-refractivity contribution >= 4 is 11.3 Å². The predicted octanol–water partition coefficient (Wildman–Crippen LogP) is 3.91. The molecule has 1 aromatic heterocycles. The van der Waals surface area contributed by atoms with Crippen LogP contribution in [0.3, 0.4) is 0 Å². The van der Waals surface area contributed by atoms with Crippen molar-refractivity contribution in [2.24, 2.45) is 0 Å². The summed E-state index contributed by atoms with van der Waals surface area (Å²) in [7, 11) is 0. The Balaban J connectivity index is 2.39. The van der Waals surface area contributed by atoms with E-state index in [1.165, 1.54) is 4.88 Å². The highest BCUT2D eigenvalue weighted by Gasteiger charge is 2.14. The van der Waals surface area contributed by atoms with Gasteiger partial charge in [-0.25, -0.2) is 0 Å². The molecule has 0 saturated heterocycles. The highest BCUT2D eigenvalue weighted by molar-refractivity contribution is 7.10. The van der Waals surface area contributed by atoms with Gasteiger partial charge in [-0.1, -0.05) is 13.0 Å². The quantitative estimate of drug-likeness (QED) is 0.769. The zero-order chi connectivity index (χ0) is 13.5. The number of hydrogen-bond acceptors (Lipinski definition) is 3. The lowest BCUT2D eigenvalue weighted by Gasteiger charge is -2.31. The van der Waals surface area contributed by atoms with Gasteiger partial charge in [0, 0.05) is 36.1 Å². The van der Waals surface area contributed by atoms with Crippen LogP contribution in [0.2, 0.25) is 0 Å².